The fraction of sp³-hybridized carbons (Fsp3) is 0.278. The van der Waals surface area contributed by atoms with Crippen LogP contribution in [-0.2, 0) is 10.0 Å². The van der Waals surface area contributed by atoms with E-state index in [1.54, 1.807) is 36.4 Å². The molecule has 2 aromatic rings. The average molecular weight is 342 g/mol. The molecular weight excluding hydrogens is 324 g/mol. The van der Waals surface area contributed by atoms with Crippen molar-refractivity contribution in [2.75, 3.05) is 11.9 Å². The Labute approximate surface area is 141 Å². The molecule has 2 aliphatic heterocycles. The van der Waals surface area contributed by atoms with E-state index in [0.717, 1.165) is 5.56 Å². The second kappa shape index (κ2) is 5.16. The first kappa shape index (κ1) is 15.4. The van der Waals surface area contributed by atoms with E-state index in [1.807, 2.05) is 19.1 Å². The molecule has 0 radical (unpaired) electrons. The number of Topliss-reactive ketones (excluding diaryl/α,β-unsaturated/α-hetero) is 1. The van der Waals surface area contributed by atoms with Gasteiger partial charge < -0.3 is 5.32 Å². The molecule has 1 saturated heterocycles. The highest BCUT2D eigenvalue weighted by Gasteiger charge is 2.56. The first-order valence-corrected chi connectivity index (χ1v) is 9.41. The van der Waals surface area contributed by atoms with Crippen molar-refractivity contribution < 1.29 is 13.2 Å². The zero-order chi connectivity index (χ0) is 16.9. The molecule has 4 rings (SSSR count). The van der Waals surface area contributed by atoms with Crippen LogP contribution in [0.4, 0.5) is 5.69 Å². The number of ketones is 1. The number of hydrogen-bond donors (Lipinski definition) is 1. The Hall–Kier alpha value is -2.18. The van der Waals surface area contributed by atoms with E-state index in [0.29, 0.717) is 30.6 Å². The lowest BCUT2D eigenvalue weighted by atomic mass is 10.0. The van der Waals surface area contributed by atoms with Gasteiger partial charge >= 0.3 is 0 Å². The Morgan fingerprint density at radius 1 is 1.08 bits per heavy atom. The molecule has 1 spiro atoms. The third kappa shape index (κ3) is 2.03. The normalized spacial score (nSPS) is 23.5. The summed E-state index contributed by atoms with van der Waals surface area (Å²) in [5, 5.41) is 3.19. The summed E-state index contributed by atoms with van der Waals surface area (Å²) in [5.74, 6) is -0.161. The maximum Gasteiger partial charge on any atom is 0.245 e. The number of para-hydroxylation sites is 1. The SMILES string of the molecule is Cc1ccc(S(=O)(=O)N2CCCC23Nc2ccccc2C3=O)cc1. The number of fused-ring (bicyclic) bond motifs is 1. The number of anilines is 1. The Kier molecular flexibility index (Phi) is 3.30. The Morgan fingerprint density at radius 2 is 1.79 bits per heavy atom. The molecule has 6 heteroatoms. The van der Waals surface area contributed by atoms with Crippen LogP contribution in [0.3, 0.4) is 0 Å². The van der Waals surface area contributed by atoms with Crippen LogP contribution in [-0.4, -0.2) is 30.7 Å². The molecule has 1 fully saturated rings. The molecule has 0 amide bonds. The van der Waals surface area contributed by atoms with Crippen LogP contribution in [0, 0.1) is 6.92 Å². The molecule has 0 bridgehead atoms. The van der Waals surface area contributed by atoms with Gasteiger partial charge in [-0.3, -0.25) is 4.79 Å². The summed E-state index contributed by atoms with van der Waals surface area (Å²) in [6.45, 7) is 2.25. The van der Waals surface area contributed by atoms with Crippen molar-refractivity contribution >= 4 is 21.5 Å². The molecule has 124 valence electrons. The summed E-state index contributed by atoms with van der Waals surface area (Å²) in [5.41, 5.74) is 1.07. The van der Waals surface area contributed by atoms with E-state index in [2.05, 4.69) is 5.32 Å². The van der Waals surface area contributed by atoms with Crippen molar-refractivity contribution in [3.8, 4) is 0 Å². The van der Waals surface area contributed by atoms with Crippen LogP contribution in [0.1, 0.15) is 28.8 Å². The van der Waals surface area contributed by atoms with E-state index in [9.17, 15) is 13.2 Å². The highest BCUT2D eigenvalue weighted by atomic mass is 32.2. The number of nitrogens with one attached hydrogen (secondary N) is 1. The number of hydrogen-bond acceptors (Lipinski definition) is 4. The van der Waals surface area contributed by atoms with Gasteiger partial charge in [0.05, 0.1) is 4.90 Å². The lowest BCUT2D eigenvalue weighted by Crippen LogP contribution is -2.55. The zero-order valence-corrected chi connectivity index (χ0v) is 14.1. The van der Waals surface area contributed by atoms with E-state index in [-0.39, 0.29) is 10.7 Å². The molecule has 0 saturated carbocycles. The fourth-order valence-corrected chi connectivity index (χ4v) is 5.34. The summed E-state index contributed by atoms with van der Waals surface area (Å²) < 4.78 is 27.6. The minimum Gasteiger partial charge on any atom is -0.359 e. The summed E-state index contributed by atoms with van der Waals surface area (Å²) in [7, 11) is -3.75. The maximum absolute atomic E-state index is 13.1. The molecular formula is C18H18N2O3S. The van der Waals surface area contributed by atoms with E-state index < -0.39 is 15.7 Å². The lowest BCUT2D eigenvalue weighted by Gasteiger charge is -2.33. The Morgan fingerprint density at radius 3 is 2.50 bits per heavy atom. The molecule has 1 N–H and O–H groups in total. The van der Waals surface area contributed by atoms with E-state index in [4.69, 9.17) is 0 Å². The van der Waals surface area contributed by atoms with Crippen molar-refractivity contribution in [1.29, 1.82) is 0 Å². The third-order valence-corrected chi connectivity index (χ3v) is 6.77. The van der Waals surface area contributed by atoms with Gasteiger partial charge in [-0.25, -0.2) is 8.42 Å². The number of benzene rings is 2. The third-order valence-electron chi connectivity index (χ3n) is 4.82. The first-order valence-electron chi connectivity index (χ1n) is 7.97. The lowest BCUT2D eigenvalue weighted by molar-refractivity contribution is 0.0847. The summed E-state index contributed by atoms with van der Waals surface area (Å²) in [4.78, 5) is 13.2. The topological polar surface area (TPSA) is 66.5 Å². The number of carbonyl (C=O) groups is 1. The summed E-state index contributed by atoms with van der Waals surface area (Å²) in [6, 6.07) is 13.9. The zero-order valence-electron chi connectivity index (χ0n) is 13.3. The van der Waals surface area contributed by atoms with Gasteiger partial charge in [0.1, 0.15) is 0 Å². The van der Waals surface area contributed by atoms with E-state index >= 15 is 0 Å². The second-order valence-corrected chi connectivity index (χ2v) is 8.22. The van der Waals surface area contributed by atoms with Crippen molar-refractivity contribution in [2.24, 2.45) is 0 Å². The average Bonchev–Trinajstić information content (AvgIpc) is 3.12. The van der Waals surface area contributed by atoms with Crippen LogP contribution in [0.2, 0.25) is 0 Å². The fourth-order valence-electron chi connectivity index (χ4n) is 3.60. The van der Waals surface area contributed by atoms with Gasteiger partial charge in [-0.2, -0.15) is 4.31 Å². The minimum absolute atomic E-state index is 0.161. The summed E-state index contributed by atoms with van der Waals surface area (Å²) >= 11 is 0. The van der Waals surface area contributed by atoms with Gasteiger partial charge in [0.2, 0.25) is 15.8 Å². The Balaban J connectivity index is 1.79. The molecule has 2 aromatic carbocycles. The van der Waals surface area contributed by atoms with Gasteiger partial charge in [0, 0.05) is 17.8 Å². The number of carbonyl (C=O) groups excluding carboxylic acids is 1. The van der Waals surface area contributed by atoms with Crippen LogP contribution < -0.4 is 5.32 Å². The van der Waals surface area contributed by atoms with Crippen LogP contribution in [0.15, 0.2) is 53.4 Å². The Bertz CT molecular complexity index is 922. The quantitative estimate of drug-likeness (QED) is 0.911. The van der Waals surface area contributed by atoms with Crippen molar-refractivity contribution in [1.82, 2.24) is 4.31 Å². The van der Waals surface area contributed by atoms with Crippen molar-refractivity contribution in [3.63, 3.8) is 0 Å². The van der Waals surface area contributed by atoms with Gasteiger partial charge in [-0.1, -0.05) is 29.8 Å². The monoisotopic (exact) mass is 342 g/mol. The number of aryl methyl sites for hydroxylation is 1. The van der Waals surface area contributed by atoms with Gasteiger partial charge in [-0.05, 0) is 44.0 Å². The van der Waals surface area contributed by atoms with Gasteiger partial charge in [0.25, 0.3) is 0 Å². The first-order chi connectivity index (χ1) is 11.4. The molecule has 0 aliphatic carbocycles. The minimum atomic E-state index is -3.75. The maximum atomic E-state index is 13.1. The molecule has 1 atom stereocenters. The smallest absolute Gasteiger partial charge is 0.245 e. The van der Waals surface area contributed by atoms with Crippen molar-refractivity contribution in [3.05, 3.63) is 59.7 Å². The summed E-state index contributed by atoms with van der Waals surface area (Å²) in [6.07, 6.45) is 1.13. The molecule has 0 aromatic heterocycles. The second-order valence-electron chi connectivity index (χ2n) is 6.35. The highest BCUT2D eigenvalue weighted by molar-refractivity contribution is 7.89. The van der Waals surface area contributed by atoms with Crippen molar-refractivity contribution in [2.45, 2.75) is 30.3 Å². The van der Waals surface area contributed by atoms with Gasteiger partial charge in [-0.15, -0.1) is 0 Å². The molecule has 5 nitrogen and oxygen atoms in total. The standard InChI is InChI=1S/C18H18N2O3S/c1-13-7-9-14(10-8-13)24(22,23)20-12-4-11-18(20)17(21)15-5-2-3-6-16(15)19-18/h2-3,5-10,19H,4,11-12H2,1H3. The van der Waals surface area contributed by atoms with Crippen LogP contribution in [0.5, 0.6) is 0 Å². The largest absolute Gasteiger partial charge is 0.359 e. The predicted octanol–water partition coefficient (Wildman–Crippen LogP) is 2.78. The molecule has 1 unspecified atom stereocenters. The molecule has 24 heavy (non-hydrogen) atoms. The number of nitrogens with zero attached hydrogens (tertiary/aromatic N) is 1. The predicted molar refractivity (Wildman–Crippen MR) is 91.4 cm³/mol. The number of sulfonamides is 1. The number of rotatable bonds is 2. The van der Waals surface area contributed by atoms with E-state index in [1.165, 1.54) is 4.31 Å². The molecule has 2 heterocycles. The van der Waals surface area contributed by atoms with Crippen LogP contribution >= 0.6 is 0 Å². The molecule has 2 aliphatic rings. The van der Waals surface area contributed by atoms with Crippen LogP contribution in [0.25, 0.3) is 0 Å². The van der Waals surface area contributed by atoms with Gasteiger partial charge in [0.15, 0.2) is 5.66 Å². The highest BCUT2D eigenvalue weighted by Crippen LogP contribution is 2.43.